The summed E-state index contributed by atoms with van der Waals surface area (Å²) in [6.07, 6.45) is 17.0. The molecule has 0 heterocycles. The van der Waals surface area contributed by atoms with Gasteiger partial charge >= 0.3 is 67.8 Å². The summed E-state index contributed by atoms with van der Waals surface area (Å²) < 4.78 is 45.0. The van der Waals surface area contributed by atoms with Gasteiger partial charge in [0.25, 0.3) is 0 Å². The zero-order chi connectivity index (χ0) is 22.7. The molecule has 0 aromatic heterocycles. The van der Waals surface area contributed by atoms with Crippen molar-refractivity contribution in [3.8, 4) is 0 Å². The van der Waals surface area contributed by atoms with E-state index < -0.39 is 0 Å². The van der Waals surface area contributed by atoms with E-state index in [4.69, 9.17) is 27.9 Å². The van der Waals surface area contributed by atoms with Gasteiger partial charge in [-0.05, 0) is 64.4 Å². The average molecular weight is 474 g/mol. The fourth-order valence-corrected chi connectivity index (χ4v) is 1.54. The molecule has 0 N–H and O–H groups in total. The van der Waals surface area contributed by atoms with Gasteiger partial charge in [-0.1, -0.05) is 5.57 Å². The molecule has 0 aromatic carbocycles. The number of carbonyl (C=O) groups excluding carboxylic acids is 1. The Hall–Kier alpha value is -1.11. The zero-order valence-corrected chi connectivity index (χ0v) is 17.2. The third-order valence-electron chi connectivity index (χ3n) is 2.41. The van der Waals surface area contributed by atoms with Crippen LogP contribution in [0.4, 0.5) is 0 Å². The van der Waals surface area contributed by atoms with E-state index in [-0.39, 0.29) is 39.9 Å². The summed E-state index contributed by atoms with van der Waals surface area (Å²) in [6, 6.07) is 0. The van der Waals surface area contributed by atoms with E-state index >= 15 is 0 Å². The molecule has 0 spiro atoms. The minimum atomic E-state index is 0. The molecule has 0 unspecified atom stereocenters. The van der Waals surface area contributed by atoms with Crippen molar-refractivity contribution < 1.29 is 66.8 Å². The Kier molecular flexibility index (Phi) is 72.6. The first-order chi connectivity index (χ1) is 13.3. The molecule has 7 nitrogen and oxygen atoms in total. The van der Waals surface area contributed by atoms with Crippen molar-refractivity contribution >= 4 is 5.78 Å². The summed E-state index contributed by atoms with van der Waals surface area (Å²) in [7, 11) is 0. The maximum absolute atomic E-state index is 11.7. The summed E-state index contributed by atoms with van der Waals surface area (Å²) in [6.45, 7) is 29.0. The quantitative estimate of drug-likeness (QED) is 0.263. The summed E-state index contributed by atoms with van der Waals surface area (Å²) in [5.41, 5.74) is 1.01. The van der Waals surface area contributed by atoms with E-state index in [2.05, 4.69) is 39.9 Å². The van der Waals surface area contributed by atoms with Crippen molar-refractivity contribution in [3.05, 3.63) is 115 Å². The van der Waals surface area contributed by atoms with Crippen molar-refractivity contribution in [3.63, 3.8) is 0 Å². The topological polar surface area (TPSA) is 136 Å². The van der Waals surface area contributed by atoms with E-state index in [0.29, 0.717) is 0 Å². The smallest absolute Gasteiger partial charge is 0 e. The monoisotopic (exact) mass is 474 g/mol. The number of hydrogen-bond donors (Lipinski definition) is 0. The first-order valence-electron chi connectivity index (χ1n) is 6.16. The molecule has 0 bridgehead atoms. The molecule has 2 fully saturated rings. The Labute approximate surface area is 194 Å². The molecule has 9 heteroatoms. The fraction of sp³-hybridized carbons (Fsp3) is 0.0500. The standard InChI is InChI=1S/C14H12O.6CO.2Mn/c1-11(12-6-2-3-7-12)10-14(15)13-8-4-5-9-13;6*1-2;;/h2-10H,1H3;;;;;;;;/b11-10+;;;;;;;;. The normalized spacial score (nSPS) is 13.3. The van der Waals surface area contributed by atoms with Crippen molar-refractivity contribution in [2.45, 2.75) is 6.92 Å². The Balaban J connectivity index is -0.0000000601. The van der Waals surface area contributed by atoms with Crippen LogP contribution in [0.1, 0.15) is 6.92 Å². The molecule has 2 saturated carbocycles. The third-order valence-corrected chi connectivity index (χ3v) is 2.41. The van der Waals surface area contributed by atoms with Gasteiger partial charge in [-0.15, -0.1) is 0 Å². The second kappa shape index (κ2) is 45.6. The van der Waals surface area contributed by atoms with Gasteiger partial charge in [0, 0.05) is 40.1 Å². The zero-order valence-electron chi connectivity index (χ0n) is 14.8. The molecular formula is C20H12Mn2O7. The van der Waals surface area contributed by atoms with Crippen LogP contribution in [0.5, 0.6) is 0 Å². The maximum atomic E-state index is 11.7. The molecule has 29 heavy (non-hydrogen) atoms. The summed E-state index contributed by atoms with van der Waals surface area (Å²) in [4.78, 5) is 11.7. The largest absolute Gasteiger partial charge is 0 e. The Morgan fingerprint density at radius 2 is 0.862 bits per heavy atom. The predicted octanol–water partition coefficient (Wildman–Crippen LogP) is 2.08. The minimum Gasteiger partial charge on any atom is 0 e. The van der Waals surface area contributed by atoms with Gasteiger partial charge in [-0.25, -0.2) is 0 Å². The molecule has 148 valence electrons. The van der Waals surface area contributed by atoms with Gasteiger partial charge in [0.15, 0.2) is 5.78 Å². The third kappa shape index (κ3) is 26.9. The minimum absolute atomic E-state index is 0. The maximum Gasteiger partial charge on any atom is 0 e. The van der Waals surface area contributed by atoms with Crippen LogP contribution in [-0.4, -0.2) is 5.78 Å². The van der Waals surface area contributed by atoms with Crippen LogP contribution < -0.4 is 0 Å². The van der Waals surface area contributed by atoms with Crippen molar-refractivity contribution in [1.29, 1.82) is 0 Å². The van der Waals surface area contributed by atoms with Gasteiger partial charge < -0.3 is 0 Å². The van der Waals surface area contributed by atoms with Crippen LogP contribution in [0.2, 0.25) is 0 Å². The van der Waals surface area contributed by atoms with Crippen LogP contribution in [0, 0.1) is 103 Å². The van der Waals surface area contributed by atoms with E-state index in [1.807, 2.05) is 58.3 Å². The Bertz CT molecular complexity index is 444. The molecular weight excluding hydrogens is 462 g/mol. The molecule has 2 rings (SSSR count). The molecule has 2 aliphatic carbocycles. The van der Waals surface area contributed by atoms with Gasteiger partial charge in [0.2, 0.25) is 0 Å². The summed E-state index contributed by atoms with van der Waals surface area (Å²) in [5.74, 6) is 1.93. The molecule has 12 radical (unpaired) electrons. The second-order valence-corrected chi connectivity index (χ2v) is 3.54. The van der Waals surface area contributed by atoms with Crippen LogP contribution >= 0.6 is 0 Å². The summed E-state index contributed by atoms with van der Waals surface area (Å²) >= 11 is 0. The van der Waals surface area contributed by atoms with Crippen LogP contribution in [0.25, 0.3) is 0 Å². The van der Waals surface area contributed by atoms with Gasteiger partial charge in [-0.3, -0.25) is 4.79 Å². The molecule has 0 amide bonds. The van der Waals surface area contributed by atoms with E-state index in [0.717, 1.165) is 17.4 Å². The van der Waals surface area contributed by atoms with Crippen LogP contribution in [0.15, 0.2) is 11.6 Å². The molecule has 0 saturated heterocycles. The molecule has 0 atom stereocenters. The second-order valence-electron chi connectivity index (χ2n) is 3.54. The SMILES string of the molecule is C/C(=C\C(=O)[C]1[CH][CH][CH][CH]1)[C]1[CH][CH][CH][CH]1.[C-]#[O+].[C-]#[O+].[C-]#[O+].[C-]#[O+].[C-]#[O+].[C-]#[O+].[Mn].[Mn]. The Morgan fingerprint density at radius 3 is 1.14 bits per heavy atom. The first-order valence-corrected chi connectivity index (χ1v) is 6.16. The number of carbonyl (C=O) groups is 1. The Morgan fingerprint density at radius 1 is 0.621 bits per heavy atom. The van der Waals surface area contributed by atoms with Gasteiger partial charge in [0.1, 0.15) is 0 Å². The predicted molar refractivity (Wildman–Crippen MR) is 83.2 cm³/mol. The average Bonchev–Trinajstić information content (AvgIpc) is 3.51. The number of ketones is 1. The van der Waals surface area contributed by atoms with Crippen LogP contribution in [-0.2, 0) is 66.8 Å². The molecule has 0 aromatic rings. The van der Waals surface area contributed by atoms with Crippen molar-refractivity contribution in [2.24, 2.45) is 0 Å². The van der Waals surface area contributed by atoms with Crippen LogP contribution in [0.3, 0.4) is 0 Å². The fourth-order valence-electron chi connectivity index (χ4n) is 1.54. The van der Waals surface area contributed by atoms with Crippen molar-refractivity contribution in [2.75, 3.05) is 0 Å². The van der Waals surface area contributed by atoms with Gasteiger partial charge in [0.05, 0.1) is 5.92 Å². The van der Waals surface area contributed by atoms with E-state index in [9.17, 15) is 4.79 Å². The molecule has 2 aliphatic rings. The summed E-state index contributed by atoms with van der Waals surface area (Å²) in [5, 5.41) is 0. The van der Waals surface area contributed by atoms with Crippen molar-refractivity contribution in [1.82, 2.24) is 0 Å². The van der Waals surface area contributed by atoms with E-state index in [1.165, 1.54) is 0 Å². The molecule has 0 aliphatic heterocycles. The number of hydrogen-bond acceptors (Lipinski definition) is 1. The number of rotatable bonds is 3. The van der Waals surface area contributed by atoms with E-state index in [1.54, 1.807) is 6.08 Å². The number of allylic oxidation sites excluding steroid dienone is 2. The van der Waals surface area contributed by atoms with Gasteiger partial charge in [-0.2, -0.15) is 0 Å². The first kappa shape index (κ1) is 46.2.